The van der Waals surface area contributed by atoms with E-state index in [2.05, 4.69) is 0 Å². The quantitative estimate of drug-likeness (QED) is 0.849. The summed E-state index contributed by atoms with van der Waals surface area (Å²) < 4.78 is 7.20. The van der Waals surface area contributed by atoms with Gasteiger partial charge in [-0.05, 0) is 37.1 Å². The minimum absolute atomic E-state index is 0.172. The van der Waals surface area contributed by atoms with Crippen molar-refractivity contribution in [2.45, 2.75) is 27.3 Å². The third-order valence-corrected chi connectivity index (χ3v) is 3.28. The Morgan fingerprint density at radius 3 is 2.68 bits per heavy atom. The zero-order chi connectivity index (χ0) is 16.1. The fraction of sp³-hybridized carbons (Fsp3) is 0.333. The molecule has 4 heteroatoms. The zero-order valence-corrected chi connectivity index (χ0v) is 13.2. The van der Waals surface area contributed by atoms with E-state index in [0.717, 1.165) is 17.0 Å². The molecule has 22 heavy (non-hydrogen) atoms. The van der Waals surface area contributed by atoms with Crippen LogP contribution in [0.5, 0.6) is 5.75 Å². The number of ether oxygens (including phenoxy) is 1. The topological polar surface area (TPSA) is 55.0 Å². The molecular formula is C18H20N2O2. The van der Waals surface area contributed by atoms with E-state index in [1.54, 1.807) is 10.6 Å². The summed E-state index contributed by atoms with van der Waals surface area (Å²) in [5.41, 5.74) is 1.65. The first-order chi connectivity index (χ1) is 10.6. The molecule has 0 N–H and O–H groups in total. The summed E-state index contributed by atoms with van der Waals surface area (Å²) in [5, 5.41) is 9.07. The van der Waals surface area contributed by atoms with Gasteiger partial charge in [0, 0.05) is 12.1 Å². The highest BCUT2D eigenvalue weighted by atomic mass is 16.5. The average Bonchev–Trinajstić information content (AvgIpc) is 2.49. The third kappa shape index (κ3) is 3.37. The lowest BCUT2D eigenvalue weighted by molar-refractivity contribution is 0.340. The van der Waals surface area contributed by atoms with Crippen molar-refractivity contribution in [3.63, 3.8) is 0 Å². The fourth-order valence-corrected chi connectivity index (χ4v) is 2.37. The van der Waals surface area contributed by atoms with Gasteiger partial charge in [-0.3, -0.25) is 4.79 Å². The van der Waals surface area contributed by atoms with Crippen molar-refractivity contribution in [1.82, 2.24) is 4.57 Å². The summed E-state index contributed by atoms with van der Waals surface area (Å²) in [6.07, 6.45) is 0. The van der Waals surface area contributed by atoms with Gasteiger partial charge in [0.25, 0.3) is 5.56 Å². The highest BCUT2D eigenvalue weighted by molar-refractivity contribution is 5.62. The summed E-state index contributed by atoms with van der Waals surface area (Å²) in [7, 11) is 0. The fourth-order valence-electron chi connectivity index (χ4n) is 2.37. The molecule has 0 amide bonds. The molecule has 2 rings (SSSR count). The third-order valence-electron chi connectivity index (χ3n) is 3.28. The van der Waals surface area contributed by atoms with E-state index in [9.17, 15) is 4.79 Å². The summed E-state index contributed by atoms with van der Waals surface area (Å²) in [5.74, 6) is 1.08. The SMILES string of the molecule is CCOc1cccc(-c2ccc(C#N)c(=O)n2CC(C)C)c1. The first kappa shape index (κ1) is 15.8. The molecule has 0 fully saturated rings. The van der Waals surface area contributed by atoms with Crippen LogP contribution in [0.1, 0.15) is 26.3 Å². The van der Waals surface area contributed by atoms with Crippen LogP contribution >= 0.6 is 0 Å². The number of benzene rings is 1. The van der Waals surface area contributed by atoms with Gasteiger partial charge >= 0.3 is 0 Å². The molecule has 114 valence electrons. The van der Waals surface area contributed by atoms with E-state index in [4.69, 9.17) is 10.00 Å². The molecule has 1 aromatic heterocycles. The monoisotopic (exact) mass is 296 g/mol. The predicted octanol–water partition coefficient (Wildman–Crippen LogP) is 3.44. The van der Waals surface area contributed by atoms with Crippen LogP contribution < -0.4 is 10.3 Å². The molecule has 0 bridgehead atoms. The van der Waals surface area contributed by atoms with Crippen molar-refractivity contribution >= 4 is 0 Å². The molecule has 0 saturated carbocycles. The minimum Gasteiger partial charge on any atom is -0.494 e. The zero-order valence-electron chi connectivity index (χ0n) is 13.2. The molecule has 1 aromatic carbocycles. The molecule has 2 aromatic rings. The molecule has 0 aliphatic heterocycles. The molecule has 0 aliphatic rings. The second-order valence-electron chi connectivity index (χ2n) is 5.51. The van der Waals surface area contributed by atoms with Crippen LogP contribution in [-0.2, 0) is 6.54 Å². The van der Waals surface area contributed by atoms with Gasteiger partial charge in [-0.2, -0.15) is 5.26 Å². The Kier molecular flexibility index (Phi) is 5.00. The van der Waals surface area contributed by atoms with Crippen molar-refractivity contribution in [3.05, 3.63) is 52.3 Å². The van der Waals surface area contributed by atoms with Crippen LogP contribution in [0.25, 0.3) is 11.3 Å². The number of hydrogen-bond acceptors (Lipinski definition) is 3. The number of nitrogens with zero attached hydrogens (tertiary/aromatic N) is 2. The van der Waals surface area contributed by atoms with E-state index >= 15 is 0 Å². The van der Waals surface area contributed by atoms with Crippen molar-refractivity contribution < 1.29 is 4.74 Å². The molecule has 1 heterocycles. The second kappa shape index (κ2) is 6.95. The molecule has 0 unspecified atom stereocenters. The van der Waals surface area contributed by atoms with Gasteiger partial charge in [-0.1, -0.05) is 26.0 Å². The Morgan fingerprint density at radius 2 is 2.05 bits per heavy atom. The van der Waals surface area contributed by atoms with Gasteiger partial charge in [-0.15, -0.1) is 0 Å². The summed E-state index contributed by atoms with van der Waals surface area (Å²) >= 11 is 0. The smallest absolute Gasteiger partial charge is 0.268 e. The van der Waals surface area contributed by atoms with Gasteiger partial charge in [0.15, 0.2) is 0 Å². The molecular weight excluding hydrogens is 276 g/mol. The van der Waals surface area contributed by atoms with Gasteiger partial charge in [-0.25, -0.2) is 0 Å². The normalized spacial score (nSPS) is 10.5. The molecule has 0 spiro atoms. The van der Waals surface area contributed by atoms with Crippen LogP contribution in [0, 0.1) is 17.2 Å². The van der Waals surface area contributed by atoms with Crippen molar-refractivity contribution in [1.29, 1.82) is 5.26 Å². The van der Waals surface area contributed by atoms with Crippen LogP contribution in [0.15, 0.2) is 41.2 Å². The maximum atomic E-state index is 12.4. The van der Waals surface area contributed by atoms with E-state index in [0.29, 0.717) is 19.1 Å². The standard InChI is InChI=1S/C18H20N2O2/c1-4-22-16-7-5-6-14(10-16)17-9-8-15(11-19)18(21)20(17)12-13(2)3/h5-10,13H,4,12H2,1-3H3. The van der Waals surface area contributed by atoms with Gasteiger partial charge < -0.3 is 9.30 Å². The largest absolute Gasteiger partial charge is 0.494 e. The second-order valence-corrected chi connectivity index (χ2v) is 5.51. The molecule has 4 nitrogen and oxygen atoms in total. The lowest BCUT2D eigenvalue weighted by Crippen LogP contribution is -2.26. The number of hydrogen-bond donors (Lipinski definition) is 0. The van der Waals surface area contributed by atoms with Crippen LogP contribution in [0.3, 0.4) is 0 Å². The number of rotatable bonds is 5. The van der Waals surface area contributed by atoms with Gasteiger partial charge in [0.05, 0.1) is 12.3 Å². The Labute approximate surface area is 130 Å². The summed E-state index contributed by atoms with van der Waals surface area (Å²) in [6, 6.07) is 13.0. The highest BCUT2D eigenvalue weighted by Crippen LogP contribution is 2.24. The molecule has 0 saturated heterocycles. The Bertz CT molecular complexity index is 754. The number of aromatic nitrogens is 1. The Balaban J connectivity index is 2.59. The summed E-state index contributed by atoms with van der Waals surface area (Å²) in [6.45, 7) is 7.19. The average molecular weight is 296 g/mol. The van der Waals surface area contributed by atoms with Gasteiger partial charge in [0.2, 0.25) is 0 Å². The molecule has 0 atom stereocenters. The van der Waals surface area contributed by atoms with Crippen molar-refractivity contribution in [2.75, 3.05) is 6.61 Å². The lowest BCUT2D eigenvalue weighted by atomic mass is 10.1. The van der Waals surface area contributed by atoms with E-state index in [1.807, 2.05) is 57.2 Å². The van der Waals surface area contributed by atoms with Crippen molar-refractivity contribution in [3.8, 4) is 23.1 Å². The molecule has 0 aliphatic carbocycles. The van der Waals surface area contributed by atoms with Crippen LogP contribution in [-0.4, -0.2) is 11.2 Å². The van der Waals surface area contributed by atoms with E-state index < -0.39 is 0 Å². The first-order valence-electron chi connectivity index (χ1n) is 7.44. The number of pyridine rings is 1. The van der Waals surface area contributed by atoms with E-state index in [1.165, 1.54) is 0 Å². The predicted molar refractivity (Wildman–Crippen MR) is 86.9 cm³/mol. The summed E-state index contributed by atoms with van der Waals surface area (Å²) in [4.78, 5) is 12.4. The maximum Gasteiger partial charge on any atom is 0.268 e. The van der Waals surface area contributed by atoms with E-state index in [-0.39, 0.29) is 11.1 Å². The van der Waals surface area contributed by atoms with Crippen LogP contribution in [0.2, 0.25) is 0 Å². The number of nitriles is 1. The Hall–Kier alpha value is -2.54. The van der Waals surface area contributed by atoms with Crippen molar-refractivity contribution in [2.24, 2.45) is 5.92 Å². The Morgan fingerprint density at radius 1 is 1.27 bits per heavy atom. The highest BCUT2D eigenvalue weighted by Gasteiger charge is 2.12. The minimum atomic E-state index is -0.240. The van der Waals surface area contributed by atoms with Crippen LogP contribution in [0.4, 0.5) is 0 Å². The first-order valence-corrected chi connectivity index (χ1v) is 7.44. The maximum absolute atomic E-state index is 12.4. The van der Waals surface area contributed by atoms with Gasteiger partial charge in [0.1, 0.15) is 17.4 Å². The lowest BCUT2D eigenvalue weighted by Gasteiger charge is -2.16. The molecule has 0 radical (unpaired) electrons.